The third kappa shape index (κ3) is 4.50. The Morgan fingerprint density at radius 1 is 1.21 bits per heavy atom. The highest BCUT2D eigenvalue weighted by Gasteiger charge is 2.12. The highest BCUT2D eigenvalue weighted by molar-refractivity contribution is 7.21. The third-order valence-corrected chi connectivity index (χ3v) is 5.57. The van der Waals surface area contributed by atoms with Gasteiger partial charge in [0.15, 0.2) is 0 Å². The molecule has 4 nitrogen and oxygen atoms in total. The van der Waals surface area contributed by atoms with E-state index in [1.54, 1.807) is 17.5 Å². The first-order valence-corrected chi connectivity index (χ1v) is 9.42. The molecule has 1 aromatic carbocycles. The summed E-state index contributed by atoms with van der Waals surface area (Å²) >= 11 is 3.07. The van der Waals surface area contributed by atoms with Crippen LogP contribution in [0.1, 0.15) is 15.2 Å². The van der Waals surface area contributed by atoms with Crippen LogP contribution in [-0.2, 0) is 6.54 Å². The Hall–Kier alpha value is -2.02. The number of hydrogen-bond donors (Lipinski definition) is 1. The quantitative estimate of drug-likeness (QED) is 0.701. The van der Waals surface area contributed by atoms with Gasteiger partial charge < -0.3 is 10.2 Å². The topological polar surface area (TPSA) is 45.2 Å². The van der Waals surface area contributed by atoms with Crippen LogP contribution in [0.25, 0.3) is 9.88 Å². The molecule has 0 aliphatic rings. The van der Waals surface area contributed by atoms with Crippen LogP contribution in [0, 0.1) is 0 Å². The highest BCUT2D eigenvalue weighted by Crippen LogP contribution is 2.28. The van der Waals surface area contributed by atoms with E-state index in [2.05, 4.69) is 34.4 Å². The molecule has 124 valence electrons. The molecule has 0 fully saturated rings. The highest BCUT2D eigenvalue weighted by atomic mass is 32.1. The number of benzene rings is 1. The number of carbonyl (C=O) groups is 1. The second kappa shape index (κ2) is 8.19. The molecule has 3 aromatic rings. The fraction of sp³-hybridized carbons (Fsp3) is 0.222. The molecule has 3 rings (SSSR count). The van der Waals surface area contributed by atoms with Gasteiger partial charge in [-0.2, -0.15) is 0 Å². The van der Waals surface area contributed by atoms with E-state index in [0.29, 0.717) is 11.4 Å². The summed E-state index contributed by atoms with van der Waals surface area (Å²) in [5.74, 6) is -0.0524. The molecular formula is C18H19N3OS2. The van der Waals surface area contributed by atoms with Gasteiger partial charge in [0, 0.05) is 19.6 Å². The zero-order valence-electron chi connectivity index (χ0n) is 13.4. The summed E-state index contributed by atoms with van der Waals surface area (Å²) < 4.78 is 0. The van der Waals surface area contributed by atoms with Gasteiger partial charge in [-0.25, -0.2) is 4.98 Å². The van der Waals surface area contributed by atoms with Crippen LogP contribution in [-0.4, -0.2) is 35.9 Å². The molecule has 2 heterocycles. The molecule has 0 spiro atoms. The van der Waals surface area contributed by atoms with Gasteiger partial charge in [-0.15, -0.1) is 22.7 Å². The lowest BCUT2D eigenvalue weighted by atomic mass is 10.2. The summed E-state index contributed by atoms with van der Waals surface area (Å²) in [6, 6.07) is 14.3. The predicted octanol–water partition coefficient (Wildman–Crippen LogP) is 3.73. The molecule has 24 heavy (non-hydrogen) atoms. The van der Waals surface area contributed by atoms with E-state index in [1.165, 1.54) is 16.9 Å². The standard InChI is InChI=1S/C18H19N3OS2/c1-21(13-14-6-3-2-4-7-14)10-9-19-17(22)16-12-20-18(24-16)15-8-5-11-23-15/h2-8,11-12H,9-10,13H2,1H3,(H,19,22). The van der Waals surface area contributed by atoms with Gasteiger partial charge in [0.25, 0.3) is 5.91 Å². The number of nitrogens with zero attached hydrogens (tertiary/aromatic N) is 2. The average molecular weight is 358 g/mol. The molecule has 0 saturated carbocycles. The molecular weight excluding hydrogens is 338 g/mol. The summed E-state index contributed by atoms with van der Waals surface area (Å²) in [5.41, 5.74) is 1.27. The maximum atomic E-state index is 12.2. The van der Waals surface area contributed by atoms with E-state index in [1.807, 2.05) is 35.7 Å². The summed E-state index contributed by atoms with van der Waals surface area (Å²) in [5, 5.41) is 5.88. The number of amides is 1. The van der Waals surface area contributed by atoms with Crippen molar-refractivity contribution in [1.29, 1.82) is 0 Å². The molecule has 0 atom stereocenters. The molecule has 1 amide bonds. The van der Waals surface area contributed by atoms with Crippen molar-refractivity contribution in [2.24, 2.45) is 0 Å². The van der Waals surface area contributed by atoms with Crippen LogP contribution in [0.5, 0.6) is 0 Å². The molecule has 0 saturated heterocycles. The Bertz CT molecular complexity index is 769. The van der Waals surface area contributed by atoms with Crippen molar-refractivity contribution in [3.63, 3.8) is 0 Å². The Kier molecular flexibility index (Phi) is 5.74. The smallest absolute Gasteiger partial charge is 0.263 e. The van der Waals surface area contributed by atoms with Crippen LogP contribution in [0.15, 0.2) is 54.0 Å². The maximum Gasteiger partial charge on any atom is 0.263 e. The van der Waals surface area contributed by atoms with Gasteiger partial charge >= 0.3 is 0 Å². The fourth-order valence-corrected chi connectivity index (χ4v) is 3.95. The Balaban J connectivity index is 1.46. The number of likely N-dealkylation sites (N-methyl/N-ethyl adjacent to an activating group) is 1. The van der Waals surface area contributed by atoms with Crippen molar-refractivity contribution in [2.75, 3.05) is 20.1 Å². The van der Waals surface area contributed by atoms with Crippen LogP contribution in [0.4, 0.5) is 0 Å². The minimum Gasteiger partial charge on any atom is -0.350 e. The van der Waals surface area contributed by atoms with E-state index >= 15 is 0 Å². The number of aromatic nitrogens is 1. The van der Waals surface area contributed by atoms with E-state index in [-0.39, 0.29) is 5.91 Å². The Morgan fingerprint density at radius 2 is 2.04 bits per heavy atom. The second-order valence-corrected chi connectivity index (χ2v) is 7.46. The number of hydrogen-bond acceptors (Lipinski definition) is 5. The lowest BCUT2D eigenvalue weighted by Gasteiger charge is -2.16. The summed E-state index contributed by atoms with van der Waals surface area (Å²) in [7, 11) is 2.06. The normalized spacial score (nSPS) is 10.9. The van der Waals surface area contributed by atoms with Crippen LogP contribution in [0.3, 0.4) is 0 Å². The first kappa shape index (κ1) is 16.8. The number of nitrogens with one attached hydrogen (secondary N) is 1. The van der Waals surface area contributed by atoms with Crippen molar-refractivity contribution in [3.8, 4) is 9.88 Å². The lowest BCUT2D eigenvalue weighted by molar-refractivity contribution is 0.0953. The zero-order valence-corrected chi connectivity index (χ0v) is 15.1. The number of thiophene rings is 1. The largest absolute Gasteiger partial charge is 0.350 e. The molecule has 0 aliphatic carbocycles. The predicted molar refractivity (Wildman–Crippen MR) is 101 cm³/mol. The van der Waals surface area contributed by atoms with Gasteiger partial charge in [0.2, 0.25) is 0 Å². The van der Waals surface area contributed by atoms with Crippen molar-refractivity contribution >= 4 is 28.6 Å². The number of carbonyl (C=O) groups excluding carboxylic acids is 1. The van der Waals surface area contributed by atoms with E-state index in [0.717, 1.165) is 23.0 Å². The van der Waals surface area contributed by atoms with Gasteiger partial charge in [-0.3, -0.25) is 4.79 Å². The van der Waals surface area contributed by atoms with Crippen LogP contribution in [0.2, 0.25) is 0 Å². The monoisotopic (exact) mass is 357 g/mol. The Morgan fingerprint density at radius 3 is 2.79 bits per heavy atom. The number of thiazole rings is 1. The molecule has 6 heteroatoms. The molecule has 1 N–H and O–H groups in total. The van der Waals surface area contributed by atoms with Crippen LogP contribution >= 0.6 is 22.7 Å². The zero-order chi connectivity index (χ0) is 16.8. The first-order chi connectivity index (χ1) is 11.7. The van der Waals surface area contributed by atoms with Gasteiger partial charge in [-0.1, -0.05) is 36.4 Å². The molecule has 2 aromatic heterocycles. The Labute approximate surface area is 149 Å². The van der Waals surface area contributed by atoms with Crippen molar-refractivity contribution in [1.82, 2.24) is 15.2 Å². The molecule has 0 aliphatic heterocycles. The van der Waals surface area contributed by atoms with E-state index in [9.17, 15) is 4.79 Å². The summed E-state index contributed by atoms with van der Waals surface area (Å²) in [6.45, 7) is 2.30. The maximum absolute atomic E-state index is 12.2. The van der Waals surface area contributed by atoms with Crippen molar-refractivity contribution in [3.05, 3.63) is 64.5 Å². The second-order valence-electron chi connectivity index (χ2n) is 5.49. The minimum atomic E-state index is -0.0524. The molecule has 0 radical (unpaired) electrons. The lowest BCUT2D eigenvalue weighted by Crippen LogP contribution is -2.32. The van der Waals surface area contributed by atoms with Crippen molar-refractivity contribution < 1.29 is 4.79 Å². The van der Waals surface area contributed by atoms with E-state index in [4.69, 9.17) is 0 Å². The van der Waals surface area contributed by atoms with Gasteiger partial charge in [0.1, 0.15) is 9.88 Å². The van der Waals surface area contributed by atoms with Gasteiger partial charge in [0.05, 0.1) is 11.1 Å². The molecule has 0 unspecified atom stereocenters. The average Bonchev–Trinajstić information content (AvgIpc) is 3.27. The van der Waals surface area contributed by atoms with Crippen LogP contribution < -0.4 is 5.32 Å². The molecule has 0 bridgehead atoms. The number of rotatable bonds is 7. The van der Waals surface area contributed by atoms with E-state index < -0.39 is 0 Å². The van der Waals surface area contributed by atoms with Crippen molar-refractivity contribution in [2.45, 2.75) is 6.54 Å². The first-order valence-electron chi connectivity index (χ1n) is 7.73. The van der Waals surface area contributed by atoms with Gasteiger partial charge in [-0.05, 0) is 24.1 Å². The third-order valence-electron chi connectivity index (χ3n) is 3.54. The SMILES string of the molecule is CN(CCNC(=O)c1cnc(-c2cccs2)s1)Cc1ccccc1. The minimum absolute atomic E-state index is 0.0524. The summed E-state index contributed by atoms with van der Waals surface area (Å²) in [6.07, 6.45) is 1.66. The summed E-state index contributed by atoms with van der Waals surface area (Å²) in [4.78, 5) is 20.5. The fourth-order valence-electron chi connectivity index (χ4n) is 2.31.